The molecule has 2 atom stereocenters. The van der Waals surface area contributed by atoms with E-state index in [4.69, 9.17) is 9.57 Å². The summed E-state index contributed by atoms with van der Waals surface area (Å²) in [4.78, 5) is 28.5. The summed E-state index contributed by atoms with van der Waals surface area (Å²) in [6.07, 6.45) is 12.1. The molecule has 2 saturated heterocycles. The van der Waals surface area contributed by atoms with Crippen LogP contribution in [0.4, 0.5) is 5.95 Å². The predicted molar refractivity (Wildman–Crippen MR) is 146 cm³/mol. The number of ether oxygens (including phenoxy) is 1. The van der Waals surface area contributed by atoms with Crippen LogP contribution in [0, 0.1) is 5.92 Å². The Morgan fingerprint density at radius 2 is 1.89 bits per heavy atom. The van der Waals surface area contributed by atoms with Gasteiger partial charge in [0.05, 0.1) is 11.8 Å². The van der Waals surface area contributed by atoms with Gasteiger partial charge in [0.1, 0.15) is 0 Å². The average molecular weight is 544 g/mol. The normalized spacial score (nSPS) is 20.1. The SMILES string of the molecule is CC(/C=C/c1ccccc1)N(CC1CCN(c2ncc(C(=O)NOC3CCCCO3)cn2)CC1)S(C)(=O)=O. The average Bonchev–Trinajstić information content (AvgIpc) is 2.94. The molecule has 1 aromatic carbocycles. The number of hydrogen-bond acceptors (Lipinski definition) is 8. The largest absolute Gasteiger partial charge is 0.350 e. The van der Waals surface area contributed by atoms with Crippen LogP contribution < -0.4 is 10.4 Å². The fourth-order valence-corrected chi connectivity index (χ4v) is 5.82. The van der Waals surface area contributed by atoms with Crippen LogP contribution in [0.5, 0.6) is 0 Å². The lowest BCUT2D eigenvalue weighted by Gasteiger charge is -2.35. The van der Waals surface area contributed by atoms with Crippen LogP contribution in [-0.4, -0.2) is 73.4 Å². The number of rotatable bonds is 10. The quantitative estimate of drug-likeness (QED) is 0.455. The minimum absolute atomic E-state index is 0.234. The summed E-state index contributed by atoms with van der Waals surface area (Å²) in [6.45, 7) is 4.44. The molecule has 2 aliphatic rings. The third kappa shape index (κ3) is 8.07. The van der Waals surface area contributed by atoms with Crippen molar-refractivity contribution in [2.75, 3.05) is 37.4 Å². The maximum absolute atomic E-state index is 12.6. The van der Waals surface area contributed by atoms with Gasteiger partial charge in [-0.1, -0.05) is 42.5 Å². The summed E-state index contributed by atoms with van der Waals surface area (Å²) >= 11 is 0. The minimum Gasteiger partial charge on any atom is -0.350 e. The number of hydrogen-bond donors (Lipinski definition) is 1. The second kappa shape index (κ2) is 13.3. The van der Waals surface area contributed by atoms with Crippen molar-refractivity contribution >= 4 is 28.0 Å². The van der Waals surface area contributed by atoms with Crippen molar-refractivity contribution in [2.24, 2.45) is 5.92 Å². The zero-order chi connectivity index (χ0) is 27.0. The number of hydroxylamine groups is 1. The molecule has 2 fully saturated rings. The lowest BCUT2D eigenvalue weighted by Crippen LogP contribution is -2.44. The van der Waals surface area contributed by atoms with Gasteiger partial charge in [-0.2, -0.15) is 4.31 Å². The molecule has 2 aliphatic heterocycles. The Morgan fingerprint density at radius 1 is 1.18 bits per heavy atom. The molecule has 2 unspecified atom stereocenters. The van der Waals surface area contributed by atoms with Gasteiger partial charge in [0, 0.05) is 51.1 Å². The lowest BCUT2D eigenvalue weighted by molar-refractivity contribution is -0.186. The van der Waals surface area contributed by atoms with E-state index in [1.165, 1.54) is 18.6 Å². The Balaban J connectivity index is 1.27. The van der Waals surface area contributed by atoms with E-state index in [9.17, 15) is 13.2 Å². The summed E-state index contributed by atoms with van der Waals surface area (Å²) in [5.41, 5.74) is 3.76. The van der Waals surface area contributed by atoms with Crippen LogP contribution in [0.3, 0.4) is 0 Å². The molecule has 1 N–H and O–H groups in total. The van der Waals surface area contributed by atoms with Crippen LogP contribution in [-0.2, 0) is 19.6 Å². The number of benzene rings is 1. The van der Waals surface area contributed by atoms with Gasteiger partial charge in [-0.3, -0.25) is 4.79 Å². The second-order valence-electron chi connectivity index (χ2n) is 9.89. The van der Waals surface area contributed by atoms with E-state index in [1.54, 1.807) is 4.31 Å². The Bertz CT molecular complexity index is 1160. The number of nitrogens with one attached hydrogen (secondary N) is 1. The highest BCUT2D eigenvalue weighted by molar-refractivity contribution is 7.88. The van der Waals surface area contributed by atoms with Crippen LogP contribution in [0.25, 0.3) is 6.08 Å². The van der Waals surface area contributed by atoms with E-state index in [0.29, 0.717) is 37.8 Å². The minimum atomic E-state index is -3.37. The van der Waals surface area contributed by atoms with Gasteiger partial charge in [0.15, 0.2) is 6.29 Å². The molecule has 206 valence electrons. The lowest BCUT2D eigenvalue weighted by atomic mass is 9.96. The molecule has 4 rings (SSSR count). The van der Waals surface area contributed by atoms with Crippen molar-refractivity contribution in [1.29, 1.82) is 0 Å². The zero-order valence-corrected chi connectivity index (χ0v) is 22.8. The number of anilines is 1. The molecule has 1 aromatic heterocycles. The van der Waals surface area contributed by atoms with E-state index in [-0.39, 0.29) is 12.0 Å². The molecule has 3 heterocycles. The fourth-order valence-electron chi connectivity index (χ4n) is 4.67. The van der Waals surface area contributed by atoms with Crippen LogP contribution >= 0.6 is 0 Å². The molecular formula is C27H37N5O5S. The van der Waals surface area contributed by atoms with Crippen molar-refractivity contribution in [2.45, 2.75) is 51.4 Å². The smallest absolute Gasteiger partial charge is 0.278 e. The highest BCUT2D eigenvalue weighted by Crippen LogP contribution is 2.24. The fraction of sp³-hybridized carbons (Fsp3) is 0.519. The molecule has 0 bridgehead atoms. The van der Waals surface area contributed by atoms with Crippen molar-refractivity contribution in [3.8, 4) is 0 Å². The monoisotopic (exact) mass is 543 g/mol. The summed E-state index contributed by atoms with van der Waals surface area (Å²) in [5, 5.41) is 0. The Hall–Kier alpha value is -2.86. The molecule has 0 aliphatic carbocycles. The first-order chi connectivity index (χ1) is 18.3. The van der Waals surface area contributed by atoms with E-state index >= 15 is 0 Å². The van der Waals surface area contributed by atoms with E-state index in [1.807, 2.05) is 49.4 Å². The first-order valence-electron chi connectivity index (χ1n) is 13.1. The number of carbonyl (C=O) groups excluding carboxylic acids is 1. The third-order valence-electron chi connectivity index (χ3n) is 6.90. The highest BCUT2D eigenvalue weighted by Gasteiger charge is 2.28. The number of aromatic nitrogens is 2. The second-order valence-corrected chi connectivity index (χ2v) is 11.8. The molecule has 10 nitrogen and oxygen atoms in total. The predicted octanol–water partition coefficient (Wildman–Crippen LogP) is 3.24. The Morgan fingerprint density at radius 3 is 2.53 bits per heavy atom. The van der Waals surface area contributed by atoms with Gasteiger partial charge < -0.3 is 9.64 Å². The number of sulfonamides is 1. The zero-order valence-electron chi connectivity index (χ0n) is 22.0. The Kier molecular flexibility index (Phi) is 9.84. The molecule has 1 amide bonds. The van der Waals surface area contributed by atoms with E-state index < -0.39 is 22.2 Å². The molecule has 0 saturated carbocycles. The number of piperidine rings is 1. The summed E-state index contributed by atoms with van der Waals surface area (Å²) in [5.74, 6) is 0.370. The summed E-state index contributed by atoms with van der Waals surface area (Å²) in [6, 6.07) is 9.60. The Labute approximate surface area is 225 Å². The topological polar surface area (TPSA) is 114 Å². The van der Waals surface area contributed by atoms with Gasteiger partial charge in [0.25, 0.3) is 5.91 Å². The molecule has 38 heavy (non-hydrogen) atoms. The summed E-state index contributed by atoms with van der Waals surface area (Å²) < 4.78 is 32.2. The molecular weight excluding hydrogens is 506 g/mol. The van der Waals surface area contributed by atoms with E-state index in [2.05, 4.69) is 20.3 Å². The molecule has 0 spiro atoms. The number of carbonyl (C=O) groups is 1. The van der Waals surface area contributed by atoms with Gasteiger partial charge in [-0.15, -0.1) is 0 Å². The van der Waals surface area contributed by atoms with Gasteiger partial charge in [-0.05, 0) is 44.1 Å². The van der Waals surface area contributed by atoms with Crippen molar-refractivity contribution in [1.82, 2.24) is 19.8 Å². The number of nitrogens with zero attached hydrogens (tertiary/aromatic N) is 4. The first-order valence-corrected chi connectivity index (χ1v) is 15.0. The maximum atomic E-state index is 12.6. The molecule has 2 aromatic rings. The molecule has 11 heteroatoms. The van der Waals surface area contributed by atoms with Gasteiger partial charge in [0.2, 0.25) is 16.0 Å². The van der Waals surface area contributed by atoms with Crippen molar-refractivity contribution in [3.05, 3.63) is 59.9 Å². The molecule has 0 radical (unpaired) electrons. The van der Waals surface area contributed by atoms with Crippen molar-refractivity contribution in [3.63, 3.8) is 0 Å². The van der Waals surface area contributed by atoms with E-state index in [0.717, 1.165) is 37.7 Å². The third-order valence-corrected chi connectivity index (χ3v) is 8.24. The maximum Gasteiger partial charge on any atom is 0.278 e. The standard InChI is InChI=1S/C27H37N5O5S/c1-21(11-12-22-8-4-3-5-9-22)32(38(2,34)35)20-23-13-15-31(16-14-23)27-28-18-24(19-29-27)26(33)30-37-25-10-6-7-17-36-25/h3-5,8-9,11-12,18-19,21,23,25H,6-7,10,13-17,20H2,1-2H3,(H,30,33)/b12-11+. The van der Waals surface area contributed by atoms with Crippen LogP contribution in [0.2, 0.25) is 0 Å². The number of amides is 1. The first kappa shape index (κ1) is 28.2. The van der Waals surface area contributed by atoms with Crippen LogP contribution in [0.15, 0.2) is 48.8 Å². The van der Waals surface area contributed by atoms with Gasteiger partial charge >= 0.3 is 0 Å². The summed E-state index contributed by atoms with van der Waals surface area (Å²) in [7, 11) is -3.37. The highest BCUT2D eigenvalue weighted by atomic mass is 32.2. The van der Waals surface area contributed by atoms with Crippen LogP contribution in [0.1, 0.15) is 54.9 Å². The van der Waals surface area contributed by atoms with Gasteiger partial charge in [-0.25, -0.2) is 28.7 Å². The van der Waals surface area contributed by atoms with Crippen molar-refractivity contribution < 1.29 is 22.8 Å².